The second-order valence-electron chi connectivity index (χ2n) is 8.25. The van der Waals surface area contributed by atoms with Crippen LogP contribution in [0.3, 0.4) is 0 Å². The number of ether oxygens (including phenoxy) is 3. The van der Waals surface area contributed by atoms with Gasteiger partial charge in [0.05, 0.1) is 44.0 Å². The fraction of sp³-hybridized carbons (Fsp3) is 0.727. The van der Waals surface area contributed by atoms with E-state index in [1.165, 1.54) is 7.11 Å². The number of alkyl carbamates (subject to hydrolysis) is 1. The number of aryl methyl sites for hydroxylation is 1. The first-order valence-electron chi connectivity index (χ1n) is 11.6. The maximum Gasteiger partial charge on any atom is 0.406 e. The molecule has 2 amide bonds. The SMILES string of the molecule is COCCNc1ncc([C@@H](C)N(C(=O)[C@H]2CNCCO2)C2CC2)nc1CCCNC(=O)OC. The van der Waals surface area contributed by atoms with Gasteiger partial charge in [-0.25, -0.2) is 9.78 Å². The molecule has 1 aromatic heterocycles. The Balaban J connectivity index is 1.73. The van der Waals surface area contributed by atoms with E-state index in [2.05, 4.69) is 25.7 Å². The highest BCUT2D eigenvalue weighted by atomic mass is 16.5. The Kier molecular flexibility index (Phi) is 9.64. The normalized spacial score (nSPS) is 18.9. The topological polar surface area (TPSA) is 127 Å². The molecule has 0 radical (unpaired) electrons. The number of hydrogen-bond donors (Lipinski definition) is 3. The molecule has 1 aliphatic carbocycles. The Morgan fingerprint density at radius 2 is 2.15 bits per heavy atom. The molecule has 3 rings (SSSR count). The molecule has 11 nitrogen and oxygen atoms in total. The number of carbonyl (C=O) groups excluding carboxylic acids is 2. The minimum atomic E-state index is -0.464. The van der Waals surface area contributed by atoms with Gasteiger partial charge in [-0.1, -0.05) is 0 Å². The van der Waals surface area contributed by atoms with Crippen LogP contribution in [0, 0.1) is 0 Å². The van der Waals surface area contributed by atoms with Crippen LogP contribution in [-0.4, -0.2) is 92.6 Å². The highest BCUT2D eigenvalue weighted by Gasteiger charge is 2.40. The number of amides is 2. The Bertz CT molecular complexity index is 785. The Morgan fingerprint density at radius 1 is 1.33 bits per heavy atom. The van der Waals surface area contributed by atoms with E-state index < -0.39 is 12.2 Å². The molecule has 2 atom stereocenters. The van der Waals surface area contributed by atoms with Gasteiger partial charge >= 0.3 is 6.09 Å². The quantitative estimate of drug-likeness (QED) is 0.386. The van der Waals surface area contributed by atoms with Crippen molar-refractivity contribution < 1.29 is 23.8 Å². The summed E-state index contributed by atoms with van der Waals surface area (Å²) in [6.07, 6.45) is 4.08. The van der Waals surface area contributed by atoms with E-state index in [4.69, 9.17) is 14.5 Å². The van der Waals surface area contributed by atoms with Crippen molar-refractivity contribution in [2.45, 2.75) is 50.8 Å². The summed E-state index contributed by atoms with van der Waals surface area (Å²) in [7, 11) is 2.98. The van der Waals surface area contributed by atoms with Gasteiger partial charge in [0.25, 0.3) is 5.91 Å². The van der Waals surface area contributed by atoms with Gasteiger partial charge in [0.2, 0.25) is 0 Å². The number of methoxy groups -OCH3 is 2. The molecule has 1 saturated heterocycles. The highest BCUT2D eigenvalue weighted by molar-refractivity contribution is 5.82. The van der Waals surface area contributed by atoms with Gasteiger partial charge in [0.1, 0.15) is 11.9 Å². The van der Waals surface area contributed by atoms with Crippen molar-refractivity contribution in [3.05, 3.63) is 17.6 Å². The molecule has 1 aromatic rings. The lowest BCUT2D eigenvalue weighted by atomic mass is 10.1. The van der Waals surface area contributed by atoms with Crippen molar-refractivity contribution in [2.75, 3.05) is 58.9 Å². The summed E-state index contributed by atoms with van der Waals surface area (Å²) in [5.41, 5.74) is 1.54. The first-order chi connectivity index (χ1) is 16.0. The van der Waals surface area contributed by atoms with Gasteiger partial charge in [-0.3, -0.25) is 9.78 Å². The van der Waals surface area contributed by atoms with E-state index >= 15 is 0 Å². The summed E-state index contributed by atoms with van der Waals surface area (Å²) in [5.74, 6) is 0.690. The van der Waals surface area contributed by atoms with E-state index in [1.807, 2.05) is 11.8 Å². The zero-order valence-electron chi connectivity index (χ0n) is 19.8. The third-order valence-corrected chi connectivity index (χ3v) is 5.75. The molecule has 0 unspecified atom stereocenters. The lowest BCUT2D eigenvalue weighted by molar-refractivity contribution is -0.148. The van der Waals surface area contributed by atoms with Crippen LogP contribution in [0.5, 0.6) is 0 Å². The average Bonchev–Trinajstić information content (AvgIpc) is 3.68. The standard InChI is InChI=1S/C22H36N6O5/c1-15(28(16-6-7-16)21(29)19-14-23-9-12-33-19)18-13-26-20(24-10-11-31-2)17(27-18)5-4-8-25-22(30)32-3/h13,15-16,19,23H,4-12,14H2,1-3H3,(H,24,26)(H,25,30)/t15-,19-/m1/s1. The first-order valence-corrected chi connectivity index (χ1v) is 11.6. The van der Waals surface area contributed by atoms with E-state index in [-0.39, 0.29) is 18.0 Å². The third kappa shape index (κ3) is 7.24. The van der Waals surface area contributed by atoms with Crippen LogP contribution in [0.2, 0.25) is 0 Å². The van der Waals surface area contributed by atoms with Gasteiger partial charge in [-0.2, -0.15) is 0 Å². The first kappa shape index (κ1) is 25.1. The van der Waals surface area contributed by atoms with Crippen LogP contribution in [-0.2, 0) is 25.4 Å². The summed E-state index contributed by atoms with van der Waals surface area (Å²) in [4.78, 5) is 36.0. The second-order valence-corrected chi connectivity index (χ2v) is 8.25. The maximum atomic E-state index is 13.3. The molecule has 0 bridgehead atoms. The maximum absolute atomic E-state index is 13.3. The van der Waals surface area contributed by atoms with E-state index in [1.54, 1.807) is 13.3 Å². The van der Waals surface area contributed by atoms with Crippen molar-refractivity contribution >= 4 is 17.8 Å². The fourth-order valence-corrected chi connectivity index (χ4v) is 3.83. The largest absolute Gasteiger partial charge is 0.453 e. The second kappa shape index (κ2) is 12.7. The molecule has 2 heterocycles. The Labute approximate surface area is 195 Å². The number of hydrogen-bond acceptors (Lipinski definition) is 9. The summed E-state index contributed by atoms with van der Waals surface area (Å²) >= 11 is 0. The van der Waals surface area contributed by atoms with Crippen LogP contribution >= 0.6 is 0 Å². The summed E-state index contributed by atoms with van der Waals surface area (Å²) < 4.78 is 15.5. The number of anilines is 1. The summed E-state index contributed by atoms with van der Waals surface area (Å²) in [6.45, 7) is 5.44. The molecule has 11 heteroatoms. The molecular weight excluding hydrogens is 428 g/mol. The average molecular weight is 465 g/mol. The van der Waals surface area contributed by atoms with Crippen molar-refractivity contribution in [3.63, 3.8) is 0 Å². The lowest BCUT2D eigenvalue weighted by Gasteiger charge is -2.34. The van der Waals surface area contributed by atoms with Crippen LogP contribution in [0.15, 0.2) is 6.20 Å². The number of rotatable bonds is 12. The van der Waals surface area contributed by atoms with Crippen LogP contribution < -0.4 is 16.0 Å². The summed E-state index contributed by atoms with van der Waals surface area (Å²) in [6, 6.07) is -0.00460. The fourth-order valence-electron chi connectivity index (χ4n) is 3.83. The third-order valence-electron chi connectivity index (χ3n) is 5.75. The van der Waals surface area contributed by atoms with Gasteiger partial charge in [0, 0.05) is 39.3 Å². The van der Waals surface area contributed by atoms with E-state index in [0.29, 0.717) is 51.5 Å². The van der Waals surface area contributed by atoms with Crippen molar-refractivity contribution in [1.29, 1.82) is 0 Å². The minimum absolute atomic E-state index is 0.00474. The number of nitrogens with zero attached hydrogens (tertiary/aromatic N) is 3. The summed E-state index contributed by atoms with van der Waals surface area (Å²) in [5, 5.41) is 9.18. The van der Waals surface area contributed by atoms with Crippen molar-refractivity contribution in [1.82, 2.24) is 25.5 Å². The van der Waals surface area contributed by atoms with Crippen LogP contribution in [0.4, 0.5) is 10.6 Å². The Hall–Kier alpha value is -2.50. The molecule has 33 heavy (non-hydrogen) atoms. The molecule has 2 aliphatic rings. The number of morpholine rings is 1. The molecule has 3 N–H and O–H groups in total. The molecule has 184 valence electrons. The highest BCUT2D eigenvalue weighted by Crippen LogP contribution is 2.35. The van der Waals surface area contributed by atoms with Crippen molar-refractivity contribution in [2.24, 2.45) is 0 Å². The van der Waals surface area contributed by atoms with Gasteiger partial charge in [-0.05, 0) is 32.6 Å². The zero-order chi connectivity index (χ0) is 23.6. The molecule has 0 aromatic carbocycles. The lowest BCUT2D eigenvalue weighted by Crippen LogP contribution is -2.50. The molecule has 1 aliphatic heterocycles. The molecule has 1 saturated carbocycles. The van der Waals surface area contributed by atoms with Crippen LogP contribution in [0.25, 0.3) is 0 Å². The number of aromatic nitrogens is 2. The van der Waals surface area contributed by atoms with E-state index in [9.17, 15) is 9.59 Å². The minimum Gasteiger partial charge on any atom is -0.453 e. The van der Waals surface area contributed by atoms with Crippen LogP contribution in [0.1, 0.15) is 43.6 Å². The predicted octanol–water partition coefficient (Wildman–Crippen LogP) is 0.864. The smallest absolute Gasteiger partial charge is 0.406 e. The number of carbonyl (C=O) groups is 2. The zero-order valence-corrected chi connectivity index (χ0v) is 19.8. The number of nitrogens with one attached hydrogen (secondary N) is 3. The van der Waals surface area contributed by atoms with Gasteiger partial charge < -0.3 is 35.1 Å². The van der Waals surface area contributed by atoms with Crippen molar-refractivity contribution in [3.8, 4) is 0 Å². The van der Waals surface area contributed by atoms with Gasteiger partial charge in [-0.15, -0.1) is 0 Å². The predicted molar refractivity (Wildman–Crippen MR) is 122 cm³/mol. The van der Waals surface area contributed by atoms with Gasteiger partial charge in [0.15, 0.2) is 0 Å². The monoisotopic (exact) mass is 464 g/mol. The Morgan fingerprint density at radius 3 is 2.82 bits per heavy atom. The molecule has 2 fully saturated rings. The molecule has 0 spiro atoms. The van der Waals surface area contributed by atoms with E-state index in [0.717, 1.165) is 30.8 Å². The molecular formula is C22H36N6O5.